The molecule has 12 heteroatoms. The largest absolute Gasteiger partial charge is 0.373 e. The monoisotopic (exact) mass is 479 g/mol. The Morgan fingerprint density at radius 1 is 1.21 bits per heavy atom. The summed E-state index contributed by atoms with van der Waals surface area (Å²) in [6.45, 7) is 0. The van der Waals surface area contributed by atoms with E-state index in [4.69, 9.17) is 11.6 Å². The number of halogens is 1. The molecule has 2 aliphatic carbocycles. The van der Waals surface area contributed by atoms with Crippen LogP contribution in [0.4, 0.5) is 17.3 Å². The van der Waals surface area contributed by atoms with Crippen molar-refractivity contribution in [2.45, 2.75) is 37.8 Å². The molecule has 0 radical (unpaired) electrons. The summed E-state index contributed by atoms with van der Waals surface area (Å²) in [4.78, 5) is 30.5. The fraction of sp³-hybridized carbons (Fsp3) is 0.318. The highest BCUT2D eigenvalue weighted by Crippen LogP contribution is 2.34. The highest BCUT2D eigenvalue weighted by molar-refractivity contribution is 6.30. The van der Waals surface area contributed by atoms with Crippen molar-refractivity contribution in [3.8, 4) is 5.82 Å². The Balaban J connectivity index is 1.38. The van der Waals surface area contributed by atoms with E-state index in [1.807, 2.05) is 10.9 Å². The number of nitrogens with zero attached hydrogens (tertiary/aromatic N) is 6. The van der Waals surface area contributed by atoms with Gasteiger partial charge in [-0.15, -0.1) is 0 Å². The molecule has 0 spiro atoms. The van der Waals surface area contributed by atoms with Crippen LogP contribution < -0.4 is 21.5 Å². The summed E-state index contributed by atoms with van der Waals surface area (Å²) in [5.74, 6) is 1.24. The molecule has 6 rings (SSSR count). The first kappa shape index (κ1) is 20.7. The lowest BCUT2D eigenvalue weighted by molar-refractivity contribution is 0.0952. The zero-order chi connectivity index (χ0) is 23.4. The van der Waals surface area contributed by atoms with Crippen molar-refractivity contribution >= 4 is 40.5 Å². The third-order valence-corrected chi connectivity index (χ3v) is 6.10. The van der Waals surface area contributed by atoms with Crippen molar-refractivity contribution in [1.29, 1.82) is 0 Å². The molecule has 4 aromatic heterocycles. The van der Waals surface area contributed by atoms with Gasteiger partial charge in [-0.2, -0.15) is 14.7 Å². The first-order valence-electron chi connectivity index (χ1n) is 11.1. The lowest BCUT2D eigenvalue weighted by atomic mass is 10.3. The van der Waals surface area contributed by atoms with E-state index in [1.54, 1.807) is 36.0 Å². The van der Waals surface area contributed by atoms with E-state index >= 15 is 0 Å². The fourth-order valence-corrected chi connectivity index (χ4v) is 4.01. The molecule has 0 aliphatic heterocycles. The molecule has 0 bridgehead atoms. The minimum atomic E-state index is -0.321. The number of hydrogen-bond donors (Lipinski definition) is 3. The van der Waals surface area contributed by atoms with E-state index in [9.17, 15) is 9.59 Å². The van der Waals surface area contributed by atoms with Gasteiger partial charge < -0.3 is 16.0 Å². The summed E-state index contributed by atoms with van der Waals surface area (Å²) in [6, 6.07) is 5.65. The molecule has 0 unspecified atom stereocenters. The van der Waals surface area contributed by atoms with Crippen LogP contribution in [0.1, 0.15) is 42.1 Å². The van der Waals surface area contributed by atoms with Crippen LogP contribution in [0.3, 0.4) is 0 Å². The predicted molar refractivity (Wildman–Crippen MR) is 127 cm³/mol. The third-order valence-electron chi connectivity index (χ3n) is 5.89. The van der Waals surface area contributed by atoms with Gasteiger partial charge in [0.25, 0.3) is 11.5 Å². The van der Waals surface area contributed by atoms with Crippen molar-refractivity contribution in [1.82, 2.24) is 34.3 Å². The second kappa shape index (κ2) is 7.87. The number of hydrogen-bond acceptors (Lipinski definition) is 7. The molecule has 34 heavy (non-hydrogen) atoms. The van der Waals surface area contributed by atoms with Gasteiger partial charge in [0.05, 0.1) is 17.3 Å². The van der Waals surface area contributed by atoms with Gasteiger partial charge in [-0.1, -0.05) is 11.6 Å². The number of carbonyl (C=O) groups excluding carboxylic acids is 1. The topological polar surface area (TPSA) is 123 Å². The number of amides is 1. The second-order valence-corrected chi connectivity index (χ2v) is 9.01. The summed E-state index contributed by atoms with van der Waals surface area (Å²) in [7, 11) is 1.74. The summed E-state index contributed by atoms with van der Waals surface area (Å²) in [6.07, 6.45) is 9.05. The zero-order valence-electron chi connectivity index (χ0n) is 18.3. The van der Waals surface area contributed by atoms with Gasteiger partial charge >= 0.3 is 0 Å². The molecule has 4 heterocycles. The highest BCUT2D eigenvalue weighted by Gasteiger charge is 2.27. The van der Waals surface area contributed by atoms with Gasteiger partial charge in [0.2, 0.25) is 0 Å². The van der Waals surface area contributed by atoms with Crippen molar-refractivity contribution in [2.75, 3.05) is 17.7 Å². The van der Waals surface area contributed by atoms with Crippen LogP contribution >= 0.6 is 11.6 Å². The van der Waals surface area contributed by atoms with E-state index in [-0.39, 0.29) is 23.2 Å². The molecule has 1 amide bonds. The van der Waals surface area contributed by atoms with Gasteiger partial charge in [0.1, 0.15) is 22.9 Å². The lowest BCUT2D eigenvalue weighted by Crippen LogP contribution is -2.25. The highest BCUT2D eigenvalue weighted by atomic mass is 35.5. The maximum Gasteiger partial charge on any atom is 0.280 e. The Morgan fingerprint density at radius 3 is 2.76 bits per heavy atom. The first-order valence-corrected chi connectivity index (χ1v) is 11.5. The molecule has 4 aromatic rings. The van der Waals surface area contributed by atoms with Crippen molar-refractivity contribution in [2.24, 2.45) is 0 Å². The molecule has 11 nitrogen and oxygen atoms in total. The number of nitrogens with one attached hydrogen (secondary N) is 3. The molecular weight excluding hydrogens is 458 g/mol. The minimum absolute atomic E-state index is 0.209. The molecule has 0 atom stereocenters. The van der Waals surface area contributed by atoms with E-state index in [1.165, 1.54) is 10.8 Å². The number of anilines is 3. The number of pyridine rings is 1. The first-order chi connectivity index (χ1) is 16.5. The van der Waals surface area contributed by atoms with Crippen molar-refractivity contribution < 1.29 is 4.79 Å². The molecule has 174 valence electrons. The number of fused-ring (bicyclic) bond motifs is 1. The van der Waals surface area contributed by atoms with Gasteiger partial charge in [-0.25, -0.2) is 4.98 Å². The number of aromatic nitrogens is 6. The van der Waals surface area contributed by atoms with E-state index in [0.29, 0.717) is 39.7 Å². The Hall–Kier alpha value is -3.86. The number of carbonyl (C=O) groups is 1. The minimum Gasteiger partial charge on any atom is -0.373 e. The third kappa shape index (κ3) is 3.77. The molecular formula is C22H22ClN9O2. The van der Waals surface area contributed by atoms with E-state index in [0.717, 1.165) is 25.7 Å². The standard InChI is InChI=1S/C22H22ClN9O2/c1-24-19-9-17(28-20-15(10-25-32(19)20)21(33)26-13-2-3-13)27-16-8-12(23)11-30(22(16)34)18-6-7-31(29-18)14-4-5-14/h6-11,13-14,24H,2-5H2,1H3,(H,26,33)(H,27,28). The Morgan fingerprint density at radius 2 is 2.03 bits per heavy atom. The maximum absolute atomic E-state index is 13.3. The van der Waals surface area contributed by atoms with Crippen LogP contribution in [0.2, 0.25) is 5.02 Å². The van der Waals surface area contributed by atoms with Crippen LogP contribution in [-0.2, 0) is 0 Å². The summed E-state index contributed by atoms with van der Waals surface area (Å²) >= 11 is 6.34. The molecule has 0 saturated heterocycles. The van der Waals surface area contributed by atoms with E-state index in [2.05, 4.69) is 31.1 Å². The summed E-state index contributed by atoms with van der Waals surface area (Å²) < 4.78 is 4.83. The molecule has 0 aromatic carbocycles. The van der Waals surface area contributed by atoms with Crippen LogP contribution in [-0.4, -0.2) is 47.9 Å². The predicted octanol–water partition coefficient (Wildman–Crippen LogP) is 2.74. The van der Waals surface area contributed by atoms with Gasteiger partial charge in [-0.3, -0.25) is 18.8 Å². The normalized spacial score (nSPS) is 15.5. The lowest BCUT2D eigenvalue weighted by Gasteiger charge is -2.12. The quantitative estimate of drug-likeness (QED) is 0.372. The summed E-state index contributed by atoms with van der Waals surface area (Å²) in [5, 5.41) is 18.3. The molecule has 2 fully saturated rings. The van der Waals surface area contributed by atoms with E-state index < -0.39 is 0 Å². The summed E-state index contributed by atoms with van der Waals surface area (Å²) in [5.41, 5.74) is 0.647. The fourth-order valence-electron chi connectivity index (χ4n) is 3.80. The molecule has 2 saturated carbocycles. The number of rotatable bonds is 7. The van der Waals surface area contributed by atoms with Crippen molar-refractivity contribution in [3.05, 3.63) is 57.7 Å². The van der Waals surface area contributed by atoms with Crippen LogP contribution in [0.15, 0.2) is 41.6 Å². The average Bonchev–Trinajstić information content (AvgIpc) is 3.74. The van der Waals surface area contributed by atoms with Gasteiger partial charge in [0.15, 0.2) is 11.5 Å². The molecule has 2 aliphatic rings. The SMILES string of the molecule is CNc1cc(Nc2cc(Cl)cn(-c3ccn(C4CC4)n3)c2=O)nc2c(C(=O)NC3CC3)cnn12. The van der Waals surface area contributed by atoms with Crippen molar-refractivity contribution in [3.63, 3.8) is 0 Å². The van der Waals surface area contributed by atoms with Crippen LogP contribution in [0, 0.1) is 0 Å². The second-order valence-electron chi connectivity index (χ2n) is 8.58. The smallest absolute Gasteiger partial charge is 0.280 e. The Kier molecular flexibility index (Phi) is 4.80. The van der Waals surface area contributed by atoms with Gasteiger partial charge in [-0.05, 0) is 31.7 Å². The van der Waals surface area contributed by atoms with Gasteiger partial charge in [0, 0.05) is 37.6 Å². The van der Waals surface area contributed by atoms with Crippen LogP contribution in [0.25, 0.3) is 11.5 Å². The average molecular weight is 480 g/mol. The Labute approximate surface area is 198 Å². The zero-order valence-corrected chi connectivity index (χ0v) is 19.1. The Bertz CT molecular complexity index is 1480. The maximum atomic E-state index is 13.3. The molecule has 3 N–H and O–H groups in total. The van der Waals surface area contributed by atoms with Crippen LogP contribution in [0.5, 0.6) is 0 Å².